The highest BCUT2D eigenvalue weighted by Crippen LogP contribution is 2.11. The molecule has 1 rings (SSSR count). The summed E-state index contributed by atoms with van der Waals surface area (Å²) in [5, 5.41) is 17.0. The molecule has 3 nitrogen and oxygen atoms in total. The van der Waals surface area contributed by atoms with Gasteiger partial charge in [-0.2, -0.15) is 5.26 Å². The van der Waals surface area contributed by atoms with Crippen molar-refractivity contribution in [3.8, 4) is 6.07 Å². The minimum Gasteiger partial charge on any atom is -0.478 e. The molecule has 0 aliphatic heterocycles. The van der Waals surface area contributed by atoms with Gasteiger partial charge in [-0.25, -0.2) is 9.18 Å². The van der Waals surface area contributed by atoms with E-state index in [9.17, 15) is 9.18 Å². The summed E-state index contributed by atoms with van der Waals surface area (Å²) in [5.74, 6) is -1.63. The quantitative estimate of drug-likeness (QED) is 0.725. The molecule has 4 heteroatoms. The van der Waals surface area contributed by atoms with Crippen molar-refractivity contribution in [3.05, 3.63) is 41.2 Å². The van der Waals surface area contributed by atoms with Gasteiger partial charge in [0.15, 0.2) is 0 Å². The van der Waals surface area contributed by atoms with E-state index < -0.39 is 11.8 Å². The van der Waals surface area contributed by atoms with E-state index in [1.807, 2.05) is 0 Å². The van der Waals surface area contributed by atoms with Crippen LogP contribution < -0.4 is 0 Å². The Hall–Kier alpha value is -2.15. The van der Waals surface area contributed by atoms with E-state index in [0.29, 0.717) is 5.56 Å². The zero-order valence-electron chi connectivity index (χ0n) is 7.07. The summed E-state index contributed by atoms with van der Waals surface area (Å²) in [6.45, 7) is 0. The molecule has 0 unspecified atom stereocenters. The van der Waals surface area contributed by atoms with Crippen molar-refractivity contribution in [3.63, 3.8) is 0 Å². The number of rotatable bonds is 2. The first-order chi connectivity index (χ1) is 6.63. The molecule has 0 bridgehead atoms. The summed E-state index contributed by atoms with van der Waals surface area (Å²) in [4.78, 5) is 10.2. The van der Waals surface area contributed by atoms with Crippen LogP contribution in [0.3, 0.4) is 0 Å². The van der Waals surface area contributed by atoms with Crippen molar-refractivity contribution in [2.45, 2.75) is 0 Å². The van der Waals surface area contributed by atoms with Gasteiger partial charge in [0, 0.05) is 6.08 Å². The molecule has 0 saturated heterocycles. The van der Waals surface area contributed by atoms with E-state index in [1.54, 1.807) is 6.07 Å². The average Bonchev–Trinajstić information content (AvgIpc) is 2.15. The summed E-state index contributed by atoms with van der Waals surface area (Å²) >= 11 is 0. The number of halogens is 1. The lowest BCUT2D eigenvalue weighted by Crippen LogP contribution is -1.88. The van der Waals surface area contributed by atoms with E-state index in [0.717, 1.165) is 12.1 Å². The van der Waals surface area contributed by atoms with Gasteiger partial charge in [-0.1, -0.05) is 6.07 Å². The molecule has 70 valence electrons. The van der Waals surface area contributed by atoms with Crippen LogP contribution in [-0.2, 0) is 4.79 Å². The van der Waals surface area contributed by atoms with Crippen LogP contribution in [0.4, 0.5) is 4.39 Å². The first kappa shape index (κ1) is 9.93. The van der Waals surface area contributed by atoms with Crippen molar-refractivity contribution in [1.29, 1.82) is 5.26 Å². The van der Waals surface area contributed by atoms with Gasteiger partial charge in [0.1, 0.15) is 5.82 Å². The maximum absolute atomic E-state index is 12.6. The summed E-state index contributed by atoms with van der Waals surface area (Å²) in [5.41, 5.74) is 0.499. The Morgan fingerprint density at radius 2 is 2.29 bits per heavy atom. The Kier molecular flexibility index (Phi) is 2.97. The van der Waals surface area contributed by atoms with Gasteiger partial charge >= 0.3 is 5.97 Å². The maximum atomic E-state index is 12.6. The minimum absolute atomic E-state index is 0.113. The summed E-state index contributed by atoms with van der Waals surface area (Å²) in [7, 11) is 0. The van der Waals surface area contributed by atoms with Gasteiger partial charge in [0.05, 0.1) is 11.6 Å². The van der Waals surface area contributed by atoms with E-state index in [1.165, 1.54) is 18.2 Å². The van der Waals surface area contributed by atoms with Crippen LogP contribution in [0.2, 0.25) is 0 Å². The van der Waals surface area contributed by atoms with Gasteiger partial charge in [0.2, 0.25) is 0 Å². The molecule has 0 saturated carbocycles. The van der Waals surface area contributed by atoms with E-state index in [2.05, 4.69) is 0 Å². The van der Waals surface area contributed by atoms with Gasteiger partial charge in [-0.15, -0.1) is 0 Å². The lowest BCUT2D eigenvalue weighted by Gasteiger charge is -1.96. The minimum atomic E-state index is -1.11. The van der Waals surface area contributed by atoms with E-state index in [4.69, 9.17) is 10.4 Å². The number of benzene rings is 1. The molecule has 0 aliphatic carbocycles. The lowest BCUT2D eigenvalue weighted by molar-refractivity contribution is -0.131. The molecule has 1 aromatic rings. The van der Waals surface area contributed by atoms with Crippen LogP contribution in [0.15, 0.2) is 24.3 Å². The van der Waals surface area contributed by atoms with Gasteiger partial charge in [-0.3, -0.25) is 0 Å². The van der Waals surface area contributed by atoms with Crippen molar-refractivity contribution >= 4 is 12.0 Å². The average molecular weight is 191 g/mol. The second kappa shape index (κ2) is 4.19. The summed E-state index contributed by atoms with van der Waals surface area (Å²) < 4.78 is 12.6. The second-order valence-corrected chi connectivity index (χ2v) is 2.51. The van der Waals surface area contributed by atoms with Gasteiger partial charge in [-0.05, 0) is 23.8 Å². The molecule has 0 radical (unpaired) electrons. The number of hydrogen-bond donors (Lipinski definition) is 1. The number of carboxylic acid groups (broad SMARTS) is 1. The first-order valence-electron chi connectivity index (χ1n) is 3.74. The number of aliphatic carboxylic acids is 1. The molecule has 0 heterocycles. The fourth-order valence-corrected chi connectivity index (χ4v) is 0.932. The Balaban J connectivity index is 3.10. The summed E-state index contributed by atoms with van der Waals surface area (Å²) in [6.07, 6.45) is 2.15. The number of carbonyl (C=O) groups is 1. The largest absolute Gasteiger partial charge is 0.478 e. The maximum Gasteiger partial charge on any atom is 0.328 e. The predicted octanol–water partition coefficient (Wildman–Crippen LogP) is 1.80. The number of hydrogen-bond acceptors (Lipinski definition) is 2. The molecule has 0 amide bonds. The smallest absolute Gasteiger partial charge is 0.328 e. The van der Waals surface area contributed by atoms with Gasteiger partial charge < -0.3 is 5.11 Å². The van der Waals surface area contributed by atoms with Crippen LogP contribution in [0.5, 0.6) is 0 Å². The Morgan fingerprint density at radius 1 is 1.57 bits per heavy atom. The molecule has 0 atom stereocenters. The van der Waals surface area contributed by atoms with Crippen molar-refractivity contribution in [2.75, 3.05) is 0 Å². The molecule has 0 fully saturated rings. The third kappa shape index (κ3) is 2.42. The molecular formula is C10H6FNO2. The Bertz CT molecular complexity index is 432. The molecule has 0 aliphatic rings. The molecule has 0 aromatic heterocycles. The molecule has 0 spiro atoms. The van der Waals surface area contributed by atoms with Crippen LogP contribution in [0.25, 0.3) is 6.08 Å². The number of nitrogens with zero attached hydrogens (tertiary/aromatic N) is 1. The van der Waals surface area contributed by atoms with Crippen LogP contribution >= 0.6 is 0 Å². The van der Waals surface area contributed by atoms with Gasteiger partial charge in [0.25, 0.3) is 0 Å². The van der Waals surface area contributed by atoms with Crippen LogP contribution in [0, 0.1) is 17.1 Å². The zero-order chi connectivity index (χ0) is 10.6. The fraction of sp³-hybridized carbons (Fsp3) is 0. The monoisotopic (exact) mass is 191 g/mol. The van der Waals surface area contributed by atoms with Crippen LogP contribution in [-0.4, -0.2) is 11.1 Å². The predicted molar refractivity (Wildman–Crippen MR) is 47.8 cm³/mol. The third-order valence-corrected chi connectivity index (χ3v) is 1.54. The Morgan fingerprint density at radius 3 is 2.86 bits per heavy atom. The first-order valence-corrected chi connectivity index (χ1v) is 3.74. The van der Waals surface area contributed by atoms with Crippen LogP contribution in [0.1, 0.15) is 11.1 Å². The highest BCUT2D eigenvalue weighted by molar-refractivity contribution is 5.85. The topological polar surface area (TPSA) is 61.1 Å². The third-order valence-electron chi connectivity index (χ3n) is 1.54. The second-order valence-electron chi connectivity index (χ2n) is 2.51. The molecule has 14 heavy (non-hydrogen) atoms. The zero-order valence-corrected chi connectivity index (χ0v) is 7.07. The van der Waals surface area contributed by atoms with E-state index >= 15 is 0 Å². The van der Waals surface area contributed by atoms with Crippen molar-refractivity contribution in [2.24, 2.45) is 0 Å². The highest BCUT2D eigenvalue weighted by Gasteiger charge is 2.00. The standard InChI is InChI=1S/C10H6FNO2/c11-9-3-1-7(2-4-10(13)14)8(5-9)6-12/h1-5H,(H,13,14). The number of nitriles is 1. The fourth-order valence-electron chi connectivity index (χ4n) is 0.932. The van der Waals surface area contributed by atoms with E-state index in [-0.39, 0.29) is 5.56 Å². The van der Waals surface area contributed by atoms with Crippen molar-refractivity contribution in [1.82, 2.24) is 0 Å². The SMILES string of the molecule is N#Cc1cc(F)ccc1C=CC(=O)O. The molecule has 1 aromatic carbocycles. The lowest BCUT2D eigenvalue weighted by atomic mass is 10.1. The normalized spacial score (nSPS) is 10.0. The summed E-state index contributed by atoms with van der Waals surface area (Å²) in [6, 6.07) is 5.36. The molecule has 1 N–H and O–H groups in total. The Labute approximate surface area is 79.7 Å². The molecular weight excluding hydrogens is 185 g/mol. The van der Waals surface area contributed by atoms with Crippen molar-refractivity contribution < 1.29 is 14.3 Å². The highest BCUT2D eigenvalue weighted by atomic mass is 19.1. The number of carboxylic acids is 1.